The maximum absolute atomic E-state index is 12.3. The zero-order valence-electron chi connectivity index (χ0n) is 16.7. The molecule has 3 aromatic rings. The molecule has 152 valence electrons. The van der Waals surface area contributed by atoms with Gasteiger partial charge in [0.15, 0.2) is 22.4 Å². The van der Waals surface area contributed by atoms with Crippen molar-refractivity contribution < 1.29 is 14.3 Å². The van der Waals surface area contributed by atoms with Gasteiger partial charge < -0.3 is 14.8 Å². The van der Waals surface area contributed by atoms with E-state index >= 15 is 0 Å². The molecule has 0 radical (unpaired) electrons. The second-order valence-electron chi connectivity index (χ2n) is 6.36. The van der Waals surface area contributed by atoms with Crippen LogP contribution in [0.4, 0.5) is 5.69 Å². The van der Waals surface area contributed by atoms with E-state index in [1.54, 1.807) is 42.5 Å². The minimum Gasteiger partial charge on any atom is -0.491 e. The summed E-state index contributed by atoms with van der Waals surface area (Å²) in [6.45, 7) is 5.72. The van der Waals surface area contributed by atoms with Crippen LogP contribution in [0.1, 0.15) is 21.8 Å². The molecule has 29 heavy (non-hydrogen) atoms. The van der Waals surface area contributed by atoms with Gasteiger partial charge in [0.1, 0.15) is 5.01 Å². The van der Waals surface area contributed by atoms with Crippen molar-refractivity contribution >= 4 is 34.7 Å². The Hall–Kier alpha value is -2.65. The molecule has 9 heteroatoms. The number of benzene rings is 1. The van der Waals surface area contributed by atoms with Gasteiger partial charge in [-0.3, -0.25) is 9.78 Å². The van der Waals surface area contributed by atoms with E-state index in [9.17, 15) is 4.79 Å². The van der Waals surface area contributed by atoms with E-state index in [4.69, 9.17) is 9.47 Å². The molecule has 0 spiro atoms. The molecule has 0 saturated carbocycles. The van der Waals surface area contributed by atoms with Crippen molar-refractivity contribution in [2.75, 3.05) is 19.0 Å². The van der Waals surface area contributed by atoms with Gasteiger partial charge in [0.2, 0.25) is 0 Å². The highest BCUT2D eigenvalue weighted by Gasteiger charge is 2.12. The summed E-state index contributed by atoms with van der Waals surface area (Å²) in [7, 11) is 1.54. The third-order valence-electron chi connectivity index (χ3n) is 3.99. The van der Waals surface area contributed by atoms with Crippen molar-refractivity contribution in [1.82, 2.24) is 15.2 Å². The van der Waals surface area contributed by atoms with Crippen LogP contribution in [0.5, 0.6) is 11.5 Å². The van der Waals surface area contributed by atoms with Gasteiger partial charge in [-0.1, -0.05) is 35.2 Å². The first-order chi connectivity index (χ1) is 13.9. The highest BCUT2D eigenvalue weighted by atomic mass is 32.2. The fourth-order valence-electron chi connectivity index (χ4n) is 2.48. The number of pyridine rings is 1. The van der Waals surface area contributed by atoms with Crippen molar-refractivity contribution in [2.45, 2.75) is 30.9 Å². The molecule has 2 heterocycles. The van der Waals surface area contributed by atoms with Crippen LogP contribution in [0.3, 0.4) is 0 Å². The lowest BCUT2D eigenvalue weighted by atomic mass is 10.1. The Morgan fingerprint density at radius 3 is 2.72 bits per heavy atom. The molecule has 0 bridgehead atoms. The molecule has 1 amide bonds. The van der Waals surface area contributed by atoms with Crippen LogP contribution in [0.2, 0.25) is 0 Å². The SMILES string of the molecule is COc1cnc(CSc2nnc(C)s2)cc1OCC(=O)Nc1cc(C)ccc1C. The van der Waals surface area contributed by atoms with Gasteiger partial charge in [0.05, 0.1) is 19.0 Å². The summed E-state index contributed by atoms with van der Waals surface area (Å²) in [6.07, 6.45) is 1.60. The first-order valence-corrected chi connectivity index (χ1v) is 10.7. The molecule has 0 atom stereocenters. The average Bonchev–Trinajstić information content (AvgIpc) is 3.13. The fraction of sp³-hybridized carbons (Fsp3) is 0.300. The molecule has 0 saturated heterocycles. The van der Waals surface area contributed by atoms with Gasteiger partial charge in [-0.25, -0.2) is 0 Å². The highest BCUT2D eigenvalue weighted by Crippen LogP contribution is 2.30. The molecule has 2 aromatic heterocycles. The smallest absolute Gasteiger partial charge is 0.262 e. The molecule has 1 aromatic carbocycles. The van der Waals surface area contributed by atoms with Crippen molar-refractivity contribution in [3.63, 3.8) is 0 Å². The number of nitrogens with one attached hydrogen (secondary N) is 1. The van der Waals surface area contributed by atoms with Crippen LogP contribution in [0.25, 0.3) is 0 Å². The van der Waals surface area contributed by atoms with Crippen LogP contribution in [-0.4, -0.2) is 34.8 Å². The quantitative estimate of drug-likeness (QED) is 0.537. The van der Waals surface area contributed by atoms with Crippen LogP contribution in [-0.2, 0) is 10.5 Å². The van der Waals surface area contributed by atoms with E-state index < -0.39 is 0 Å². The molecule has 0 fully saturated rings. The zero-order chi connectivity index (χ0) is 20.8. The number of carbonyl (C=O) groups is 1. The van der Waals surface area contributed by atoms with E-state index in [1.165, 1.54) is 0 Å². The molecule has 0 unspecified atom stereocenters. The maximum Gasteiger partial charge on any atom is 0.262 e. The normalized spacial score (nSPS) is 10.6. The number of hydrogen-bond donors (Lipinski definition) is 1. The second-order valence-corrected chi connectivity index (χ2v) is 8.76. The summed E-state index contributed by atoms with van der Waals surface area (Å²) < 4.78 is 11.9. The van der Waals surface area contributed by atoms with Crippen LogP contribution >= 0.6 is 23.1 Å². The number of amides is 1. The average molecular weight is 431 g/mol. The molecule has 1 N–H and O–H groups in total. The molecule has 0 aliphatic heterocycles. The van der Waals surface area contributed by atoms with Crippen molar-refractivity contribution in [2.24, 2.45) is 0 Å². The summed E-state index contributed by atoms with van der Waals surface area (Å²) in [6, 6.07) is 7.70. The predicted octanol–water partition coefficient (Wildman–Crippen LogP) is 4.18. The minimum atomic E-state index is -0.238. The first-order valence-electron chi connectivity index (χ1n) is 8.90. The largest absolute Gasteiger partial charge is 0.491 e. The lowest BCUT2D eigenvalue weighted by molar-refractivity contribution is -0.118. The monoisotopic (exact) mass is 430 g/mol. The fourth-order valence-corrected chi connectivity index (χ4v) is 4.20. The Morgan fingerprint density at radius 2 is 2.00 bits per heavy atom. The molecule has 0 aliphatic rings. The lowest BCUT2D eigenvalue weighted by Gasteiger charge is -2.13. The number of ether oxygens (including phenoxy) is 2. The number of aromatic nitrogens is 3. The number of carbonyl (C=O) groups excluding carboxylic acids is 1. The maximum atomic E-state index is 12.3. The summed E-state index contributed by atoms with van der Waals surface area (Å²) in [5.74, 6) is 1.33. The van der Waals surface area contributed by atoms with Crippen molar-refractivity contribution in [1.29, 1.82) is 0 Å². The Bertz CT molecular complexity index is 1010. The number of methoxy groups -OCH3 is 1. The first kappa shape index (κ1) is 21.1. The summed E-state index contributed by atoms with van der Waals surface area (Å²) >= 11 is 3.09. The number of thioether (sulfide) groups is 1. The topological polar surface area (TPSA) is 86.2 Å². The Labute approximate surface area is 177 Å². The molecular weight excluding hydrogens is 408 g/mol. The van der Waals surface area contributed by atoms with E-state index in [0.29, 0.717) is 17.3 Å². The molecule has 0 aliphatic carbocycles. The molecular formula is C20H22N4O3S2. The van der Waals surface area contributed by atoms with Crippen molar-refractivity contribution in [3.8, 4) is 11.5 Å². The minimum absolute atomic E-state index is 0.129. The van der Waals surface area contributed by atoms with E-state index in [0.717, 1.165) is 31.9 Å². The predicted molar refractivity (Wildman–Crippen MR) is 115 cm³/mol. The number of nitrogens with zero attached hydrogens (tertiary/aromatic N) is 3. The molecule has 7 nitrogen and oxygen atoms in total. The van der Waals surface area contributed by atoms with Crippen LogP contribution in [0.15, 0.2) is 34.8 Å². The van der Waals surface area contributed by atoms with Gasteiger partial charge in [-0.15, -0.1) is 10.2 Å². The number of rotatable bonds is 8. The van der Waals surface area contributed by atoms with Crippen molar-refractivity contribution in [3.05, 3.63) is 52.3 Å². The lowest BCUT2D eigenvalue weighted by Crippen LogP contribution is -2.21. The van der Waals surface area contributed by atoms with Gasteiger partial charge in [0, 0.05) is 17.5 Å². The summed E-state index contributed by atoms with van der Waals surface area (Å²) in [4.78, 5) is 16.7. The van der Waals surface area contributed by atoms with E-state index in [-0.39, 0.29) is 12.5 Å². The summed E-state index contributed by atoms with van der Waals surface area (Å²) in [5.41, 5.74) is 3.66. The van der Waals surface area contributed by atoms with Crippen LogP contribution in [0, 0.1) is 20.8 Å². The third kappa shape index (κ3) is 5.91. The Balaban J connectivity index is 1.62. The van der Waals surface area contributed by atoms with E-state index in [2.05, 4.69) is 20.5 Å². The van der Waals surface area contributed by atoms with Gasteiger partial charge in [-0.05, 0) is 38.0 Å². The highest BCUT2D eigenvalue weighted by molar-refractivity contribution is 8.00. The number of aryl methyl sites for hydroxylation is 3. The van der Waals surface area contributed by atoms with Crippen LogP contribution < -0.4 is 14.8 Å². The second kappa shape index (κ2) is 9.71. The Morgan fingerprint density at radius 1 is 1.17 bits per heavy atom. The van der Waals surface area contributed by atoms with Gasteiger partial charge in [-0.2, -0.15) is 0 Å². The number of hydrogen-bond acceptors (Lipinski definition) is 8. The zero-order valence-corrected chi connectivity index (χ0v) is 18.3. The standard InChI is InChI=1S/C20H22N4O3S2/c1-12-5-6-13(2)16(7-12)22-19(25)10-27-17-8-15(21-9-18(17)26-4)11-28-20-24-23-14(3)29-20/h5-9H,10-11H2,1-4H3,(H,22,25). The summed E-state index contributed by atoms with van der Waals surface area (Å²) in [5, 5.41) is 11.9. The van der Waals surface area contributed by atoms with Gasteiger partial charge >= 0.3 is 0 Å². The molecule has 3 rings (SSSR count). The third-order valence-corrected chi connectivity index (χ3v) is 5.99. The van der Waals surface area contributed by atoms with Gasteiger partial charge in [0.25, 0.3) is 5.91 Å². The van der Waals surface area contributed by atoms with E-state index in [1.807, 2.05) is 39.0 Å². The Kier molecular flexibility index (Phi) is 7.05. The number of anilines is 1.